The Labute approximate surface area is 95.7 Å². The summed E-state index contributed by atoms with van der Waals surface area (Å²) in [7, 11) is -3.35. The molecule has 1 aromatic rings. The predicted octanol–water partition coefficient (Wildman–Crippen LogP) is 0.547. The molecule has 0 aliphatic rings. The van der Waals surface area contributed by atoms with Crippen molar-refractivity contribution in [3.8, 4) is 11.8 Å². The van der Waals surface area contributed by atoms with Gasteiger partial charge in [-0.15, -0.1) is 0 Å². The molecule has 0 aliphatic heterocycles. The number of aromatic nitrogens is 1. The van der Waals surface area contributed by atoms with Crippen molar-refractivity contribution in [1.29, 1.82) is 5.26 Å². The molecule has 0 amide bonds. The highest BCUT2D eigenvalue weighted by molar-refractivity contribution is 7.89. The van der Waals surface area contributed by atoms with Crippen LogP contribution in [0.5, 0.6) is 5.75 Å². The second-order valence-corrected chi connectivity index (χ2v) is 4.38. The number of hydrogen-bond donors (Lipinski definition) is 1. The lowest BCUT2D eigenvalue weighted by Crippen LogP contribution is -2.17. The first-order valence-electron chi connectivity index (χ1n) is 4.11. The molecule has 0 aromatic carbocycles. The van der Waals surface area contributed by atoms with Crippen molar-refractivity contribution in [3.05, 3.63) is 17.5 Å². The van der Waals surface area contributed by atoms with Gasteiger partial charge < -0.3 is 4.74 Å². The fourth-order valence-electron chi connectivity index (χ4n) is 1.17. The maximum Gasteiger partial charge on any atom is 0.281 e. The molecule has 0 spiro atoms. The third-order valence-corrected chi connectivity index (χ3v) is 2.77. The van der Waals surface area contributed by atoms with Crippen molar-refractivity contribution in [1.82, 2.24) is 4.98 Å². The van der Waals surface area contributed by atoms with E-state index in [1.165, 1.54) is 6.07 Å². The number of nitrogens with two attached hydrogens (primary N) is 1. The molecule has 6 nitrogen and oxygen atoms in total. The number of nitrogens with zero attached hydrogens (tertiary/aromatic N) is 2. The zero-order valence-electron chi connectivity index (χ0n) is 8.52. The van der Waals surface area contributed by atoms with E-state index in [9.17, 15) is 17.2 Å². The monoisotopic (exact) mass is 263 g/mol. The predicted molar refractivity (Wildman–Crippen MR) is 51.8 cm³/mol. The summed E-state index contributed by atoms with van der Waals surface area (Å²) in [4.78, 5) is 2.31. The summed E-state index contributed by atoms with van der Waals surface area (Å²) in [5.74, 6) is -0.436. The van der Waals surface area contributed by atoms with Crippen molar-refractivity contribution in [2.45, 2.75) is 11.3 Å². The summed E-state index contributed by atoms with van der Waals surface area (Å²) in [6.45, 7) is 0. The Balaban J connectivity index is 3.72. The second kappa shape index (κ2) is 4.60. The van der Waals surface area contributed by atoms with Gasteiger partial charge in [0.1, 0.15) is 23.2 Å². The molecule has 2 N–H and O–H groups in total. The minimum atomic E-state index is -4.42. The van der Waals surface area contributed by atoms with Gasteiger partial charge >= 0.3 is 0 Å². The highest BCUT2D eigenvalue weighted by Gasteiger charge is 2.28. The van der Waals surface area contributed by atoms with Crippen molar-refractivity contribution >= 4 is 10.0 Å². The second-order valence-electron chi connectivity index (χ2n) is 2.88. The molecule has 0 saturated carbocycles. The molecule has 0 saturated heterocycles. The normalized spacial score (nSPS) is 11.3. The Morgan fingerprint density at radius 2 is 2.18 bits per heavy atom. The third kappa shape index (κ3) is 2.66. The maximum atomic E-state index is 12.6. The number of nitriles is 1. The molecule has 0 unspecified atom stereocenters. The summed E-state index contributed by atoms with van der Waals surface area (Å²) in [5, 5.41) is 13.4. The van der Waals surface area contributed by atoms with Crippen LogP contribution in [0.4, 0.5) is 8.78 Å². The topological polar surface area (TPSA) is 106 Å². The molecule has 1 heterocycles. The summed E-state index contributed by atoms with van der Waals surface area (Å²) in [5.41, 5.74) is -1.48. The van der Waals surface area contributed by atoms with Crippen molar-refractivity contribution < 1.29 is 21.9 Å². The first kappa shape index (κ1) is 13.3. The number of alkyl halides is 2. The van der Waals surface area contributed by atoms with E-state index in [1.807, 2.05) is 0 Å². The Morgan fingerprint density at radius 3 is 2.53 bits per heavy atom. The number of halogens is 2. The summed E-state index contributed by atoms with van der Waals surface area (Å²) < 4.78 is 52.3. The van der Waals surface area contributed by atoms with Crippen LogP contribution in [0.3, 0.4) is 0 Å². The molecule has 1 rings (SSSR count). The Kier molecular flexibility index (Phi) is 3.59. The quantitative estimate of drug-likeness (QED) is 0.856. The number of methoxy groups -OCH3 is 1. The molecular formula is C8H7F2N3O3S. The van der Waals surface area contributed by atoms with E-state index in [-0.39, 0.29) is 5.69 Å². The lowest BCUT2D eigenvalue weighted by molar-refractivity contribution is 0.141. The van der Waals surface area contributed by atoms with Gasteiger partial charge in [-0.25, -0.2) is 27.3 Å². The molecule has 92 valence electrons. The van der Waals surface area contributed by atoms with E-state index in [0.29, 0.717) is 0 Å². The maximum absolute atomic E-state index is 12.6. The zero-order chi connectivity index (χ0) is 13.2. The van der Waals surface area contributed by atoms with E-state index in [2.05, 4.69) is 9.72 Å². The van der Waals surface area contributed by atoms with Crippen LogP contribution in [-0.2, 0) is 10.0 Å². The summed E-state index contributed by atoms with van der Waals surface area (Å²) in [6.07, 6.45) is -3.19. The summed E-state index contributed by atoms with van der Waals surface area (Å²) >= 11 is 0. The highest BCUT2D eigenvalue weighted by atomic mass is 32.2. The largest absolute Gasteiger partial charge is 0.495 e. The van der Waals surface area contributed by atoms with Crippen molar-refractivity contribution in [3.63, 3.8) is 0 Å². The molecule has 1 aromatic heterocycles. The lowest BCUT2D eigenvalue weighted by atomic mass is 10.3. The van der Waals surface area contributed by atoms with Gasteiger partial charge in [-0.1, -0.05) is 0 Å². The van der Waals surface area contributed by atoms with E-state index in [1.54, 1.807) is 0 Å². The summed E-state index contributed by atoms with van der Waals surface area (Å²) in [6, 6.07) is 2.44. The molecule has 0 fully saturated rings. The molecule has 0 aliphatic carbocycles. The van der Waals surface area contributed by atoms with Gasteiger partial charge in [-0.2, -0.15) is 5.26 Å². The van der Waals surface area contributed by atoms with Gasteiger partial charge in [0.25, 0.3) is 6.43 Å². The molecule has 17 heavy (non-hydrogen) atoms. The van der Waals surface area contributed by atoms with E-state index < -0.39 is 32.8 Å². The van der Waals surface area contributed by atoms with Crippen LogP contribution in [0.2, 0.25) is 0 Å². The minimum absolute atomic E-state index is 0.385. The number of hydrogen-bond acceptors (Lipinski definition) is 5. The van der Waals surface area contributed by atoms with Gasteiger partial charge in [0.15, 0.2) is 4.90 Å². The molecule has 0 radical (unpaired) electrons. The lowest BCUT2D eigenvalue weighted by Gasteiger charge is -2.11. The highest BCUT2D eigenvalue weighted by Crippen LogP contribution is 2.32. The first-order valence-corrected chi connectivity index (χ1v) is 5.66. The number of sulfonamides is 1. The SMILES string of the molecule is COc1cc(C#N)nc(C(F)F)c1S(N)(=O)=O. The van der Waals surface area contributed by atoms with Crippen LogP contribution in [0.15, 0.2) is 11.0 Å². The number of ether oxygens (including phenoxy) is 1. The van der Waals surface area contributed by atoms with Crippen molar-refractivity contribution in [2.75, 3.05) is 7.11 Å². The molecular weight excluding hydrogens is 256 g/mol. The van der Waals surface area contributed by atoms with E-state index in [0.717, 1.165) is 13.2 Å². The zero-order valence-corrected chi connectivity index (χ0v) is 9.33. The minimum Gasteiger partial charge on any atom is -0.495 e. The van der Waals surface area contributed by atoms with Gasteiger partial charge in [-0.05, 0) is 0 Å². The average molecular weight is 263 g/mol. The Morgan fingerprint density at radius 1 is 1.59 bits per heavy atom. The van der Waals surface area contributed by atoms with E-state index >= 15 is 0 Å². The van der Waals surface area contributed by atoms with Crippen LogP contribution in [0.1, 0.15) is 17.8 Å². The van der Waals surface area contributed by atoms with Crippen LogP contribution in [0, 0.1) is 11.3 Å². The van der Waals surface area contributed by atoms with Crippen LogP contribution in [-0.4, -0.2) is 20.5 Å². The van der Waals surface area contributed by atoms with Gasteiger partial charge in [0, 0.05) is 6.07 Å². The molecule has 0 atom stereocenters. The van der Waals surface area contributed by atoms with Crippen LogP contribution >= 0.6 is 0 Å². The van der Waals surface area contributed by atoms with Gasteiger partial charge in [-0.3, -0.25) is 0 Å². The number of primary sulfonamides is 1. The van der Waals surface area contributed by atoms with Crippen LogP contribution in [0.25, 0.3) is 0 Å². The van der Waals surface area contributed by atoms with E-state index in [4.69, 9.17) is 10.4 Å². The fourth-order valence-corrected chi connectivity index (χ4v) is 2.02. The van der Waals surface area contributed by atoms with Gasteiger partial charge in [0.2, 0.25) is 10.0 Å². The van der Waals surface area contributed by atoms with Gasteiger partial charge in [0.05, 0.1) is 7.11 Å². The Hall–Kier alpha value is -1.79. The standard InChI is InChI=1S/C8H7F2N3O3S/c1-16-5-2-4(3-11)13-6(8(9)10)7(5)17(12,14)15/h2,8H,1H3,(H2,12,14,15). The number of pyridine rings is 1. The molecule has 9 heteroatoms. The smallest absolute Gasteiger partial charge is 0.281 e. The fraction of sp³-hybridized carbons (Fsp3) is 0.250. The number of rotatable bonds is 3. The first-order chi connectivity index (χ1) is 7.81. The van der Waals surface area contributed by atoms with Crippen LogP contribution < -0.4 is 9.88 Å². The molecule has 0 bridgehead atoms. The van der Waals surface area contributed by atoms with Crippen molar-refractivity contribution in [2.24, 2.45) is 5.14 Å². The average Bonchev–Trinajstić information content (AvgIpc) is 2.25. The third-order valence-electron chi connectivity index (χ3n) is 1.79. The Bertz CT molecular complexity index is 580.